The topological polar surface area (TPSA) is 151 Å². The van der Waals surface area contributed by atoms with E-state index in [-0.39, 0.29) is 77.7 Å². The van der Waals surface area contributed by atoms with E-state index < -0.39 is 29.0 Å². The third-order valence-corrected chi connectivity index (χ3v) is 9.25. The number of hydrogen-bond acceptors (Lipinski definition) is 10. The van der Waals surface area contributed by atoms with E-state index in [2.05, 4.69) is 32.1 Å². The zero-order chi connectivity index (χ0) is 37.8. The van der Waals surface area contributed by atoms with Gasteiger partial charge in [0.15, 0.2) is 23.1 Å². The lowest BCUT2D eigenvalue weighted by atomic mass is 10.2. The number of pyridine rings is 1. The fraction of sp³-hybridized carbons (Fsp3) is 0.265. The van der Waals surface area contributed by atoms with Crippen molar-refractivity contribution < 1.29 is 27.5 Å². The monoisotopic (exact) mass is 751 g/mol. The minimum Gasteiger partial charge on any atom is -0.504 e. The van der Waals surface area contributed by atoms with Gasteiger partial charge in [-0.15, -0.1) is 5.10 Å². The Balaban J connectivity index is 1.27. The Kier molecular flexibility index (Phi) is 9.01. The van der Waals surface area contributed by atoms with Gasteiger partial charge in [-0.25, -0.2) is 18.9 Å². The van der Waals surface area contributed by atoms with Gasteiger partial charge in [0.25, 0.3) is 11.5 Å². The van der Waals surface area contributed by atoms with Crippen LogP contribution in [0.1, 0.15) is 34.4 Å². The summed E-state index contributed by atoms with van der Waals surface area (Å²) in [5.41, 5.74) is 0.668. The summed E-state index contributed by atoms with van der Waals surface area (Å²) in [4.78, 5) is 43.5. The number of piperazine rings is 1. The van der Waals surface area contributed by atoms with Crippen LogP contribution in [-0.4, -0.2) is 80.8 Å². The molecule has 7 rings (SSSR count). The number of nitrogens with zero attached hydrogens (tertiary/aromatic N) is 10. The number of anilines is 2. The molecule has 19 heteroatoms. The summed E-state index contributed by atoms with van der Waals surface area (Å²) in [6.07, 6.45) is -0.433. The molecule has 2 N–H and O–H groups in total. The third kappa shape index (κ3) is 6.49. The second-order valence-electron chi connectivity index (χ2n) is 12.3. The number of amides is 1. The molecular formula is C34H30ClF4N11O3. The molecule has 1 saturated heterocycles. The summed E-state index contributed by atoms with van der Waals surface area (Å²) in [6.45, 7) is 8.36. The van der Waals surface area contributed by atoms with E-state index in [1.54, 1.807) is 17.6 Å². The molecule has 6 heterocycles. The van der Waals surface area contributed by atoms with Crippen molar-refractivity contribution in [2.24, 2.45) is 0 Å². The second kappa shape index (κ2) is 13.5. The van der Waals surface area contributed by atoms with Crippen molar-refractivity contribution in [2.75, 3.05) is 36.4 Å². The summed E-state index contributed by atoms with van der Waals surface area (Å²) in [7, 11) is 0. The second-order valence-corrected chi connectivity index (χ2v) is 12.7. The molecule has 0 bridgehead atoms. The lowest BCUT2D eigenvalue weighted by Gasteiger charge is -2.36. The van der Waals surface area contributed by atoms with Gasteiger partial charge in [-0.3, -0.25) is 9.59 Å². The van der Waals surface area contributed by atoms with E-state index >= 15 is 0 Å². The summed E-state index contributed by atoms with van der Waals surface area (Å²) >= 11 is 6.22. The lowest BCUT2D eigenvalue weighted by molar-refractivity contribution is -0.137. The zero-order valence-corrected chi connectivity index (χ0v) is 29.0. The fourth-order valence-corrected chi connectivity index (χ4v) is 6.49. The first-order valence-electron chi connectivity index (χ1n) is 16.3. The van der Waals surface area contributed by atoms with Crippen molar-refractivity contribution in [2.45, 2.75) is 33.0 Å². The van der Waals surface area contributed by atoms with E-state index in [9.17, 15) is 32.3 Å². The maximum absolute atomic E-state index is 14.5. The number of fused-ring (bicyclic) bond motifs is 2. The normalized spacial score (nSPS) is 13.6. The molecule has 1 fully saturated rings. The maximum Gasteiger partial charge on any atom is 0.416 e. The molecule has 14 nitrogen and oxygen atoms in total. The minimum absolute atomic E-state index is 0.0173. The van der Waals surface area contributed by atoms with Crippen molar-refractivity contribution in [1.29, 1.82) is 0 Å². The SMILES string of the molecule is C=C(Cn1c(CC)c(N2CCN(C(=O)c3ncnc(C)c3O)CC2)c(=O)n2nc(-c3ccn4ncc(F)c4c3)nc12)Nc1ccc(C(F)(F)F)cc1Cl. The highest BCUT2D eigenvalue weighted by atomic mass is 35.5. The van der Waals surface area contributed by atoms with Gasteiger partial charge in [-0.05, 0) is 43.7 Å². The van der Waals surface area contributed by atoms with Crippen molar-refractivity contribution in [3.63, 3.8) is 0 Å². The predicted octanol–water partition coefficient (Wildman–Crippen LogP) is 4.97. The van der Waals surface area contributed by atoms with Crippen LogP contribution in [-0.2, 0) is 19.1 Å². The Morgan fingerprint density at radius 2 is 1.87 bits per heavy atom. The first-order chi connectivity index (χ1) is 25.2. The molecule has 0 radical (unpaired) electrons. The molecule has 1 aromatic carbocycles. The van der Waals surface area contributed by atoms with Crippen LogP contribution in [0.3, 0.4) is 0 Å². The summed E-state index contributed by atoms with van der Waals surface area (Å²) in [6, 6.07) is 6.05. The Morgan fingerprint density at radius 1 is 1.11 bits per heavy atom. The zero-order valence-electron chi connectivity index (χ0n) is 28.2. The molecule has 0 saturated carbocycles. The molecule has 274 valence electrons. The van der Waals surface area contributed by atoms with E-state index in [1.165, 1.54) is 34.1 Å². The first kappa shape index (κ1) is 35.4. The Morgan fingerprint density at radius 3 is 2.57 bits per heavy atom. The van der Waals surface area contributed by atoms with Crippen molar-refractivity contribution >= 4 is 40.2 Å². The first-order valence-corrected chi connectivity index (χ1v) is 16.6. The van der Waals surface area contributed by atoms with Crippen molar-refractivity contribution in [3.8, 4) is 17.1 Å². The number of carbonyl (C=O) groups excluding carboxylic acids is 1. The van der Waals surface area contributed by atoms with Gasteiger partial charge in [0, 0.05) is 43.6 Å². The quantitative estimate of drug-likeness (QED) is 0.204. The highest BCUT2D eigenvalue weighted by Gasteiger charge is 2.32. The van der Waals surface area contributed by atoms with Crippen LogP contribution >= 0.6 is 11.6 Å². The van der Waals surface area contributed by atoms with Gasteiger partial charge >= 0.3 is 6.18 Å². The van der Waals surface area contributed by atoms with Crippen LogP contribution < -0.4 is 15.8 Å². The Hall–Kier alpha value is -6.04. The largest absolute Gasteiger partial charge is 0.504 e. The van der Waals surface area contributed by atoms with E-state index in [0.29, 0.717) is 29.1 Å². The Labute approximate surface area is 302 Å². The summed E-state index contributed by atoms with van der Waals surface area (Å²) < 4.78 is 58.5. The van der Waals surface area contributed by atoms with Crippen LogP contribution in [0.2, 0.25) is 5.02 Å². The highest BCUT2D eigenvalue weighted by Crippen LogP contribution is 2.34. The van der Waals surface area contributed by atoms with Crippen LogP contribution in [0.4, 0.5) is 28.9 Å². The number of hydrogen-bond donors (Lipinski definition) is 2. The average Bonchev–Trinajstić information content (AvgIpc) is 3.75. The number of allylic oxidation sites excluding steroid dienone is 1. The maximum atomic E-state index is 14.5. The van der Waals surface area contributed by atoms with Crippen molar-refractivity contribution in [3.05, 3.63) is 105 Å². The van der Waals surface area contributed by atoms with Crippen molar-refractivity contribution in [1.82, 2.24) is 43.6 Å². The number of benzene rings is 1. The van der Waals surface area contributed by atoms with E-state index in [0.717, 1.165) is 22.8 Å². The van der Waals surface area contributed by atoms with Gasteiger partial charge in [-0.2, -0.15) is 27.8 Å². The number of aromatic hydroxyl groups is 1. The van der Waals surface area contributed by atoms with E-state index in [4.69, 9.17) is 16.6 Å². The van der Waals surface area contributed by atoms with Crippen LogP contribution in [0, 0.1) is 12.7 Å². The molecule has 0 atom stereocenters. The van der Waals surface area contributed by atoms with Gasteiger partial charge in [0.1, 0.15) is 17.5 Å². The molecule has 1 aliphatic rings. The van der Waals surface area contributed by atoms with Gasteiger partial charge in [-0.1, -0.05) is 25.1 Å². The van der Waals surface area contributed by atoms with Crippen LogP contribution in [0.5, 0.6) is 5.75 Å². The molecule has 5 aromatic heterocycles. The smallest absolute Gasteiger partial charge is 0.416 e. The molecule has 0 spiro atoms. The number of aryl methyl sites for hydroxylation is 1. The lowest BCUT2D eigenvalue weighted by Crippen LogP contribution is -2.51. The third-order valence-electron chi connectivity index (χ3n) is 8.94. The number of halogens is 5. The number of rotatable bonds is 8. The molecule has 0 aliphatic carbocycles. The number of aromatic nitrogens is 8. The Bertz CT molecular complexity index is 2490. The fourth-order valence-electron chi connectivity index (χ4n) is 6.26. The molecule has 6 aromatic rings. The standard InChI is InChI=1S/C34H30ClF4N11O3/c1-4-25-28(46-9-11-47(12-10-46)31(52)27-29(51)19(3)40-17-41-27)32(53)50-33(44-30(45-50)20-7-8-49-26(13-20)23(36)15-42-49)48(25)16-18(2)43-24-6-5-21(14-22(24)35)34(37,38)39/h5-8,13-15,17,43,51H,2,4,9-12,16H2,1,3H3. The predicted molar refractivity (Wildman–Crippen MR) is 187 cm³/mol. The van der Waals surface area contributed by atoms with Gasteiger partial charge < -0.3 is 24.8 Å². The summed E-state index contributed by atoms with van der Waals surface area (Å²) in [5, 5.41) is 21.7. The van der Waals surface area contributed by atoms with Gasteiger partial charge in [0.05, 0.1) is 40.4 Å². The molecule has 53 heavy (non-hydrogen) atoms. The summed E-state index contributed by atoms with van der Waals surface area (Å²) in [5.74, 6) is -1.09. The van der Waals surface area contributed by atoms with Crippen LogP contribution in [0.15, 0.2) is 66.1 Å². The number of alkyl halides is 3. The van der Waals surface area contributed by atoms with E-state index in [1.807, 2.05) is 11.8 Å². The van der Waals surface area contributed by atoms with Gasteiger partial charge in [0.2, 0.25) is 5.78 Å². The molecule has 0 unspecified atom stereocenters. The minimum atomic E-state index is -4.58. The molecular weight excluding hydrogens is 722 g/mol. The number of carbonyl (C=O) groups is 1. The molecule has 1 aliphatic heterocycles. The number of nitrogens with one attached hydrogen (secondary N) is 1. The highest BCUT2D eigenvalue weighted by molar-refractivity contribution is 6.33. The molecule has 1 amide bonds. The average molecular weight is 752 g/mol. The van der Waals surface area contributed by atoms with Crippen LogP contribution in [0.25, 0.3) is 22.7 Å².